The first-order chi connectivity index (χ1) is 17.9. The number of carbonyl (C=O) groups excluding carboxylic acids is 2. The minimum absolute atomic E-state index is 0.0529. The molecule has 2 amide bonds. The number of alkyl halides is 3. The number of hydrogen-bond donors (Lipinski definition) is 1. The van der Waals surface area contributed by atoms with E-state index in [0.717, 1.165) is 27.7 Å². The van der Waals surface area contributed by atoms with Crippen molar-refractivity contribution in [2.24, 2.45) is 0 Å². The highest BCUT2D eigenvalue weighted by atomic mass is 19.3. The second-order valence-electron chi connectivity index (χ2n) is 7.96. The summed E-state index contributed by atoms with van der Waals surface area (Å²) < 4.78 is 89.2. The Hall–Kier alpha value is -4.30. The molecular weight excluding hydrogens is 524 g/mol. The second kappa shape index (κ2) is 11.4. The Kier molecular flexibility index (Phi) is 8.48. The summed E-state index contributed by atoms with van der Waals surface area (Å²) in [5.41, 5.74) is -3.50. The molecule has 1 aromatic heterocycles. The third-order valence-corrected chi connectivity index (χ3v) is 5.21. The lowest BCUT2D eigenvalue weighted by Gasteiger charge is -2.19. The number of ether oxygens (including phenoxy) is 1. The number of para-hydroxylation sites is 1. The van der Waals surface area contributed by atoms with Crippen LogP contribution in [0.2, 0.25) is 0 Å². The average molecular weight is 545 g/mol. The number of amides is 2. The van der Waals surface area contributed by atoms with E-state index in [9.17, 15) is 36.3 Å². The molecule has 204 valence electrons. The summed E-state index contributed by atoms with van der Waals surface area (Å²) in [6, 6.07) is 3.70. The molecule has 9 nitrogen and oxygen atoms in total. The molecule has 0 saturated carbocycles. The summed E-state index contributed by atoms with van der Waals surface area (Å²) in [6.45, 7) is -0.267. The summed E-state index contributed by atoms with van der Waals surface area (Å²) in [7, 11) is 2.76. The number of carbonyl (C=O) groups is 2. The highest BCUT2D eigenvalue weighted by Crippen LogP contribution is 2.29. The standard InChI is InChI=1S/C23H21F6N5O4/c1-4-33-20(22(36)32(2)3)31-34(23(33)37)15-9-16(38-17(10-24)19(28)29)11(8-14(15)27)21(35)30-18-12(25)6-5-7-13(18)26/h5-9,17,19H,4,10H2,1-3H3,(H,30,35)/t17-/m0/s1. The maximum absolute atomic E-state index is 15.2. The molecule has 15 heteroatoms. The fourth-order valence-electron chi connectivity index (χ4n) is 3.29. The van der Waals surface area contributed by atoms with E-state index < -0.39 is 76.8 Å². The fourth-order valence-corrected chi connectivity index (χ4v) is 3.29. The molecule has 0 radical (unpaired) electrons. The third kappa shape index (κ3) is 5.50. The summed E-state index contributed by atoms with van der Waals surface area (Å²) in [4.78, 5) is 39.2. The lowest BCUT2D eigenvalue weighted by atomic mass is 10.1. The molecule has 38 heavy (non-hydrogen) atoms. The molecule has 0 aliphatic heterocycles. The number of nitrogens with one attached hydrogen (secondary N) is 1. The van der Waals surface area contributed by atoms with Crippen LogP contribution < -0.4 is 15.7 Å². The Bertz CT molecular complexity index is 1400. The second-order valence-corrected chi connectivity index (χ2v) is 7.96. The van der Waals surface area contributed by atoms with Crippen LogP contribution in [0.1, 0.15) is 27.9 Å². The Balaban J connectivity index is 2.19. The zero-order chi connectivity index (χ0) is 28.3. The molecule has 1 heterocycles. The monoisotopic (exact) mass is 545 g/mol. The number of anilines is 1. The van der Waals surface area contributed by atoms with Gasteiger partial charge >= 0.3 is 5.69 Å². The number of halogens is 6. The van der Waals surface area contributed by atoms with Crippen LogP contribution in [-0.4, -0.2) is 64.4 Å². The summed E-state index contributed by atoms with van der Waals surface area (Å²) in [5, 5.41) is 5.68. The van der Waals surface area contributed by atoms with Crippen molar-refractivity contribution < 1.29 is 40.7 Å². The molecule has 0 bridgehead atoms. The first-order valence-electron chi connectivity index (χ1n) is 10.9. The van der Waals surface area contributed by atoms with Gasteiger partial charge in [0.15, 0.2) is 6.10 Å². The van der Waals surface area contributed by atoms with Crippen LogP contribution >= 0.6 is 0 Å². The minimum atomic E-state index is -3.39. The van der Waals surface area contributed by atoms with Crippen molar-refractivity contribution in [1.29, 1.82) is 0 Å². The van der Waals surface area contributed by atoms with Crippen LogP contribution in [0.4, 0.5) is 32.0 Å². The van der Waals surface area contributed by atoms with Gasteiger partial charge in [-0.3, -0.25) is 14.2 Å². The maximum atomic E-state index is 15.2. The molecule has 0 saturated heterocycles. The van der Waals surface area contributed by atoms with Gasteiger partial charge in [-0.25, -0.2) is 31.1 Å². The van der Waals surface area contributed by atoms with Crippen LogP contribution in [0, 0.1) is 17.5 Å². The van der Waals surface area contributed by atoms with Gasteiger partial charge < -0.3 is 15.0 Å². The van der Waals surface area contributed by atoms with Gasteiger partial charge in [-0.15, -0.1) is 5.10 Å². The molecular formula is C23H21F6N5O4. The van der Waals surface area contributed by atoms with Crippen molar-refractivity contribution in [3.8, 4) is 11.4 Å². The van der Waals surface area contributed by atoms with Gasteiger partial charge in [0.2, 0.25) is 5.82 Å². The first-order valence-corrected chi connectivity index (χ1v) is 10.9. The van der Waals surface area contributed by atoms with Crippen LogP contribution in [0.5, 0.6) is 5.75 Å². The summed E-state index contributed by atoms with van der Waals surface area (Å²) in [6.07, 6.45) is -5.80. The molecule has 1 atom stereocenters. The third-order valence-electron chi connectivity index (χ3n) is 5.21. The minimum Gasteiger partial charge on any atom is -0.481 e. The fraction of sp³-hybridized carbons (Fsp3) is 0.304. The molecule has 2 aromatic carbocycles. The van der Waals surface area contributed by atoms with E-state index in [2.05, 4.69) is 5.10 Å². The highest BCUT2D eigenvalue weighted by Gasteiger charge is 2.29. The predicted octanol–water partition coefficient (Wildman–Crippen LogP) is 3.41. The molecule has 0 fully saturated rings. The van der Waals surface area contributed by atoms with Crippen molar-refractivity contribution >= 4 is 17.5 Å². The molecule has 3 aromatic rings. The van der Waals surface area contributed by atoms with Gasteiger partial charge in [0.25, 0.3) is 18.2 Å². The summed E-state index contributed by atoms with van der Waals surface area (Å²) in [5.74, 6) is -7.04. The molecule has 0 unspecified atom stereocenters. The van der Waals surface area contributed by atoms with Gasteiger partial charge in [0, 0.05) is 26.7 Å². The number of benzene rings is 2. The quantitative estimate of drug-likeness (QED) is 0.416. The predicted molar refractivity (Wildman–Crippen MR) is 122 cm³/mol. The van der Waals surface area contributed by atoms with Crippen molar-refractivity contribution in [3.05, 3.63) is 69.7 Å². The normalized spacial score (nSPS) is 11.9. The van der Waals surface area contributed by atoms with E-state index in [4.69, 9.17) is 4.74 Å². The number of nitrogens with zero attached hydrogens (tertiary/aromatic N) is 4. The van der Waals surface area contributed by atoms with Crippen molar-refractivity contribution in [2.45, 2.75) is 26.0 Å². The van der Waals surface area contributed by atoms with E-state index in [1.807, 2.05) is 5.32 Å². The van der Waals surface area contributed by atoms with Gasteiger partial charge in [-0.2, -0.15) is 4.68 Å². The summed E-state index contributed by atoms with van der Waals surface area (Å²) >= 11 is 0. The number of aromatic nitrogens is 3. The smallest absolute Gasteiger partial charge is 0.351 e. The SMILES string of the molecule is CCn1c(C(=O)N(C)C)nn(-c2cc(O[C@@H](CF)C(F)F)c(C(=O)Nc3c(F)cccc3F)cc2F)c1=O. The van der Waals surface area contributed by atoms with Crippen LogP contribution in [0.15, 0.2) is 35.1 Å². The van der Waals surface area contributed by atoms with E-state index >= 15 is 4.39 Å². The van der Waals surface area contributed by atoms with Crippen molar-refractivity contribution in [1.82, 2.24) is 19.2 Å². The molecule has 1 N–H and O–H groups in total. The van der Waals surface area contributed by atoms with Gasteiger partial charge in [0.05, 0.1) is 5.56 Å². The lowest BCUT2D eigenvalue weighted by Crippen LogP contribution is -2.30. The highest BCUT2D eigenvalue weighted by molar-refractivity contribution is 6.06. The molecule has 3 rings (SSSR count). The Morgan fingerprint density at radius 1 is 1.11 bits per heavy atom. The average Bonchev–Trinajstić information content (AvgIpc) is 3.19. The van der Waals surface area contributed by atoms with Gasteiger partial charge in [-0.1, -0.05) is 6.07 Å². The van der Waals surface area contributed by atoms with Crippen molar-refractivity contribution in [2.75, 3.05) is 26.1 Å². The van der Waals surface area contributed by atoms with E-state index in [1.54, 1.807) is 0 Å². The number of rotatable bonds is 9. The van der Waals surface area contributed by atoms with Gasteiger partial charge in [-0.05, 0) is 25.1 Å². The lowest BCUT2D eigenvalue weighted by molar-refractivity contribution is -0.00159. The topological polar surface area (TPSA) is 98.5 Å². The molecule has 0 spiro atoms. The van der Waals surface area contributed by atoms with E-state index in [0.29, 0.717) is 16.8 Å². The van der Waals surface area contributed by atoms with Gasteiger partial charge in [0.1, 0.15) is 41.3 Å². The largest absolute Gasteiger partial charge is 0.481 e. The zero-order valence-corrected chi connectivity index (χ0v) is 20.1. The Morgan fingerprint density at radius 3 is 2.26 bits per heavy atom. The van der Waals surface area contributed by atoms with Crippen LogP contribution in [0.3, 0.4) is 0 Å². The maximum Gasteiger partial charge on any atom is 0.351 e. The Labute approximate surface area is 211 Å². The zero-order valence-electron chi connectivity index (χ0n) is 20.1. The first kappa shape index (κ1) is 28.3. The van der Waals surface area contributed by atoms with E-state index in [-0.39, 0.29) is 12.4 Å². The van der Waals surface area contributed by atoms with E-state index in [1.165, 1.54) is 21.0 Å². The van der Waals surface area contributed by atoms with Crippen molar-refractivity contribution in [3.63, 3.8) is 0 Å². The molecule has 0 aliphatic rings. The van der Waals surface area contributed by atoms with Crippen LogP contribution in [0.25, 0.3) is 5.69 Å². The van der Waals surface area contributed by atoms with Crippen LogP contribution in [-0.2, 0) is 6.54 Å². The number of hydrogen-bond acceptors (Lipinski definition) is 5. The molecule has 0 aliphatic carbocycles. The Morgan fingerprint density at radius 2 is 1.74 bits per heavy atom.